The number of hydrogen-bond acceptors (Lipinski definition) is 3. The fourth-order valence-corrected chi connectivity index (χ4v) is 5.04. The van der Waals surface area contributed by atoms with Gasteiger partial charge in [-0.25, -0.2) is 4.99 Å². The zero-order valence-corrected chi connectivity index (χ0v) is 26.3. The van der Waals surface area contributed by atoms with Gasteiger partial charge >= 0.3 is 39.3 Å². The summed E-state index contributed by atoms with van der Waals surface area (Å²) >= 11 is 7.87. The van der Waals surface area contributed by atoms with Gasteiger partial charge in [0.05, 0.1) is 11.7 Å². The number of halogens is 2. The molecule has 0 aliphatic carbocycles. The number of nitrogens with zero attached hydrogens (tertiary/aromatic N) is 2. The van der Waals surface area contributed by atoms with Gasteiger partial charge in [-0.3, -0.25) is 4.99 Å². The second-order valence-corrected chi connectivity index (χ2v) is 16.3. The van der Waals surface area contributed by atoms with Crippen LogP contribution in [0.25, 0.3) is 0 Å². The van der Waals surface area contributed by atoms with Crippen molar-refractivity contribution >= 4 is 56.7 Å². The van der Waals surface area contributed by atoms with Gasteiger partial charge in [0.2, 0.25) is 0 Å². The monoisotopic (exact) mass is 650 g/mol. The first kappa shape index (κ1) is 29.8. The van der Waals surface area contributed by atoms with Gasteiger partial charge in [-0.15, -0.1) is 11.8 Å². The van der Waals surface area contributed by atoms with Gasteiger partial charge in [0.25, 0.3) is 0 Å². The van der Waals surface area contributed by atoms with Gasteiger partial charge in [-0.1, -0.05) is 97.0 Å². The van der Waals surface area contributed by atoms with Crippen molar-refractivity contribution in [1.82, 2.24) is 0 Å². The molecule has 0 aromatic heterocycles. The minimum atomic E-state index is 0.150. The van der Waals surface area contributed by atoms with E-state index in [-0.39, 0.29) is 5.41 Å². The Morgan fingerprint density at radius 3 is 2.03 bits per heavy atom. The Morgan fingerprint density at radius 2 is 1.53 bits per heavy atom. The molecule has 0 radical (unpaired) electrons. The maximum atomic E-state index is 5.42. The Labute approximate surface area is 231 Å². The van der Waals surface area contributed by atoms with Crippen LogP contribution < -0.4 is 0 Å². The first-order chi connectivity index (χ1) is 16.1. The molecule has 0 bridgehead atoms. The Balaban J connectivity index is 0.00000129. The molecule has 0 fully saturated rings. The van der Waals surface area contributed by atoms with Crippen LogP contribution in [0.3, 0.4) is 0 Å². The predicted molar refractivity (Wildman–Crippen MR) is 157 cm³/mol. The van der Waals surface area contributed by atoms with Crippen LogP contribution in [0.2, 0.25) is 0 Å². The summed E-state index contributed by atoms with van der Waals surface area (Å²) in [4.78, 5) is 10.7. The van der Waals surface area contributed by atoms with Crippen LogP contribution in [0.4, 0.5) is 5.69 Å². The minimum absolute atomic E-state index is 0.150. The Kier molecular flexibility index (Phi) is 12.6. The van der Waals surface area contributed by atoms with E-state index in [0.29, 0.717) is 17.9 Å². The molecule has 1 atom stereocenters. The third-order valence-electron chi connectivity index (χ3n) is 5.95. The molecule has 1 aliphatic rings. The normalized spacial score (nSPS) is 17.3. The molecular formula is C28H38Br2N2NiS. The molecule has 0 saturated carbocycles. The second kappa shape index (κ2) is 14.4. The van der Waals surface area contributed by atoms with Crippen LogP contribution in [0.15, 0.2) is 58.5 Å². The van der Waals surface area contributed by atoms with E-state index in [4.69, 9.17) is 9.98 Å². The van der Waals surface area contributed by atoms with E-state index in [1.165, 1.54) is 28.4 Å². The second-order valence-electron chi connectivity index (χ2n) is 10.3. The topological polar surface area (TPSA) is 24.7 Å². The van der Waals surface area contributed by atoms with E-state index < -0.39 is 0 Å². The zero-order valence-electron chi connectivity index (χ0n) is 21.3. The molecule has 1 heterocycles. The molecule has 2 nitrogen and oxygen atoms in total. The molecule has 0 saturated heterocycles. The summed E-state index contributed by atoms with van der Waals surface area (Å²) in [6.45, 7) is 15.9. The number of thioether (sulfide) groups is 1. The van der Waals surface area contributed by atoms with Crippen LogP contribution in [0, 0.1) is 5.41 Å². The summed E-state index contributed by atoms with van der Waals surface area (Å²) in [6.07, 6.45) is 2.34. The number of rotatable bonds is 5. The van der Waals surface area contributed by atoms with Crippen LogP contribution in [-0.4, -0.2) is 22.6 Å². The third-order valence-corrected chi connectivity index (χ3v) is 7.01. The number of benzene rings is 2. The fraction of sp³-hybridized carbons (Fsp3) is 0.500. The molecule has 0 spiro atoms. The molecule has 0 amide bonds. The van der Waals surface area contributed by atoms with E-state index in [9.17, 15) is 0 Å². The van der Waals surface area contributed by atoms with Gasteiger partial charge < -0.3 is 0 Å². The molecular weight excluding hydrogens is 615 g/mol. The quantitative estimate of drug-likeness (QED) is 0.233. The van der Waals surface area contributed by atoms with Crippen molar-refractivity contribution in [3.05, 3.63) is 65.2 Å². The van der Waals surface area contributed by atoms with Crippen molar-refractivity contribution in [3.8, 4) is 0 Å². The van der Waals surface area contributed by atoms with Gasteiger partial charge in [-0.2, -0.15) is 0 Å². The summed E-state index contributed by atoms with van der Waals surface area (Å²) in [5, 5.41) is 1.09. The van der Waals surface area contributed by atoms with Gasteiger partial charge in [0.15, 0.2) is 0 Å². The van der Waals surface area contributed by atoms with Crippen LogP contribution in [-0.2, 0) is 10.9 Å². The van der Waals surface area contributed by atoms with Crippen molar-refractivity contribution in [2.24, 2.45) is 15.4 Å². The Morgan fingerprint density at radius 1 is 0.971 bits per heavy atom. The van der Waals surface area contributed by atoms with Crippen LogP contribution in [0.1, 0.15) is 89.8 Å². The van der Waals surface area contributed by atoms with Gasteiger partial charge in [0.1, 0.15) is 10.8 Å². The molecule has 3 rings (SSSR count). The fourth-order valence-electron chi connectivity index (χ4n) is 4.03. The van der Waals surface area contributed by atoms with Crippen molar-refractivity contribution in [2.45, 2.75) is 79.2 Å². The molecule has 190 valence electrons. The average Bonchev–Trinajstić information content (AvgIpc) is 3.04. The van der Waals surface area contributed by atoms with E-state index in [0.717, 1.165) is 34.2 Å². The maximum absolute atomic E-state index is 5.42. The average molecular weight is 653 g/mol. The number of aliphatic imine (C=N–C) groups is 2. The van der Waals surface area contributed by atoms with E-state index in [2.05, 4.69) is 125 Å². The van der Waals surface area contributed by atoms with E-state index in [1.807, 2.05) is 11.8 Å². The van der Waals surface area contributed by atoms with Gasteiger partial charge in [0, 0.05) is 5.56 Å². The third kappa shape index (κ3) is 8.61. The molecule has 0 N–H and O–H groups in total. The molecule has 2 aromatic carbocycles. The van der Waals surface area contributed by atoms with Crippen LogP contribution >= 0.6 is 40.2 Å². The predicted octanol–water partition coefficient (Wildman–Crippen LogP) is 10.1. The first-order valence-corrected chi connectivity index (χ1v) is 17.8. The van der Waals surface area contributed by atoms with Gasteiger partial charge in [-0.05, 0) is 47.0 Å². The summed E-state index contributed by atoms with van der Waals surface area (Å²) in [5.74, 6) is 1.93. The molecule has 34 heavy (non-hydrogen) atoms. The zero-order chi connectivity index (χ0) is 25.3. The number of hydrogen-bond donors (Lipinski definition) is 0. The summed E-state index contributed by atoms with van der Waals surface area (Å²) in [6, 6.07) is 17.6. The summed E-state index contributed by atoms with van der Waals surface area (Å²) < 4.78 is 0. The summed E-state index contributed by atoms with van der Waals surface area (Å²) in [7, 11) is 1.25. The molecule has 2 aromatic rings. The molecule has 6 heteroatoms. The van der Waals surface area contributed by atoms with Crippen molar-refractivity contribution in [1.29, 1.82) is 0 Å². The van der Waals surface area contributed by atoms with Crippen LogP contribution in [0.5, 0.6) is 0 Å². The van der Waals surface area contributed by atoms with Crippen molar-refractivity contribution in [3.63, 3.8) is 0 Å². The standard InChI is InChI=1S/C28H38N2S.2BrH.Ni/c1-19(2)22-15-11-16-23(20(3)4)26(22)30-25(21-13-9-8-10-14-21)27-29-24(28(5,6)7)17-12-18-31-27;;;/h8-11,13-16,19-20,24H,12,17-18H2,1-7H3;2*1H;/q;;;+2/p-2/t24-;;;/m1.../s1. The van der Waals surface area contributed by atoms with Crippen molar-refractivity contribution in [2.75, 3.05) is 5.75 Å². The molecule has 1 aliphatic heterocycles. The first-order valence-electron chi connectivity index (χ1n) is 11.9. The Bertz CT molecular complexity index is 940. The SMILES string of the molecule is CC(C)c1cccc(C(C)C)c1N=C(C1=N[C@@H](C(C)(C)C)CCCS1)c1ccccc1.[Br][Ni][Br]. The van der Waals surface area contributed by atoms with E-state index >= 15 is 0 Å². The van der Waals surface area contributed by atoms with E-state index in [1.54, 1.807) is 0 Å². The summed E-state index contributed by atoms with van der Waals surface area (Å²) in [5.41, 5.74) is 6.08. The molecule has 0 unspecified atom stereocenters. The number of para-hydroxylation sites is 1. The van der Waals surface area contributed by atoms with Crippen molar-refractivity contribution < 1.29 is 10.9 Å². The Hall–Kier alpha value is -0.416.